The third-order valence-corrected chi connectivity index (χ3v) is 0.979. The van der Waals surface area contributed by atoms with Gasteiger partial charge < -0.3 is 10.6 Å². The number of hydrogen-bond acceptors (Lipinski definition) is 10. The molecule has 0 heterocycles. The minimum Gasteiger partial charge on any atom is -0.316 e. The zero-order chi connectivity index (χ0) is 15.2. The normalized spacial score (nSPS) is 10.4. The fraction of sp³-hybridized carbons (Fsp3) is 1.00. The summed E-state index contributed by atoms with van der Waals surface area (Å²) < 4.78 is 67.9. The van der Waals surface area contributed by atoms with E-state index in [0.29, 0.717) is 0 Å². The van der Waals surface area contributed by atoms with Gasteiger partial charge in [0.2, 0.25) is 0 Å². The quantitative estimate of drug-likeness (QED) is 0.340. The molecule has 0 aliphatic heterocycles. The fourth-order valence-electron chi connectivity index (χ4n) is 0.530. The van der Waals surface area contributed by atoms with Crippen LogP contribution in [-0.4, -0.2) is 26.2 Å². The van der Waals surface area contributed by atoms with Crippen LogP contribution in [0.25, 0.3) is 0 Å². The minimum absolute atomic E-state index is 0. The molecular weight excluding hydrogens is 363 g/mol. The van der Waals surface area contributed by atoms with Gasteiger partial charge in [0.05, 0.1) is 0 Å². The average molecular weight is 379 g/mol. The molecule has 10 nitrogen and oxygen atoms in total. The van der Waals surface area contributed by atoms with Crippen molar-refractivity contribution in [3.63, 3.8) is 0 Å². The van der Waals surface area contributed by atoms with Gasteiger partial charge in [0, 0.05) is 13.1 Å². The molecule has 13 heteroatoms. The zero-order valence-electron chi connectivity index (χ0n) is 10.2. The molecule has 1 radical (unpaired) electrons. The number of likely N-dealkylation sites (N-methyl/N-ethyl adjacent to an activating group) is 2. The predicted molar refractivity (Wildman–Crippen MR) is 37.1 cm³/mol. The van der Waals surface area contributed by atoms with Crippen LogP contribution < -0.4 is 47.9 Å². The number of nitrogens with one attached hydrogen (secondary N) is 2. The standard InChI is InChI=1S/C6H16N2.2ClHO4.Cu/c1-3-7-5-6-8-4-2;2*2-1(3,4)5;/h7-8H,3-6H2,1-2H3;2*(H,2,3,4,5);/q;;;+2/p-2. The van der Waals surface area contributed by atoms with Crippen molar-refractivity contribution < 1.29 is 74.8 Å². The molecule has 0 saturated heterocycles. The van der Waals surface area contributed by atoms with Crippen LogP contribution in [0.5, 0.6) is 0 Å². The maximum Gasteiger partial charge on any atom is 2.00 e. The number of hydrogen-bond donors (Lipinski definition) is 2. The van der Waals surface area contributed by atoms with E-state index in [9.17, 15) is 0 Å². The van der Waals surface area contributed by atoms with E-state index in [4.69, 9.17) is 37.3 Å². The van der Waals surface area contributed by atoms with Crippen LogP contribution >= 0.6 is 0 Å². The molecule has 0 unspecified atom stereocenters. The molecule has 0 aromatic carbocycles. The summed E-state index contributed by atoms with van der Waals surface area (Å²) in [5.41, 5.74) is 0. The fourth-order valence-corrected chi connectivity index (χ4v) is 0.530. The Kier molecular flexibility index (Phi) is 24.6. The second-order valence-electron chi connectivity index (χ2n) is 2.46. The topological polar surface area (TPSA) is 209 Å². The van der Waals surface area contributed by atoms with Crippen molar-refractivity contribution in [1.82, 2.24) is 10.6 Å². The Labute approximate surface area is 126 Å². The van der Waals surface area contributed by atoms with Crippen molar-refractivity contribution in [2.24, 2.45) is 0 Å². The molecule has 0 aromatic rings. The summed E-state index contributed by atoms with van der Waals surface area (Å²) >= 11 is 0. The van der Waals surface area contributed by atoms with E-state index in [-0.39, 0.29) is 17.1 Å². The molecule has 19 heavy (non-hydrogen) atoms. The summed E-state index contributed by atoms with van der Waals surface area (Å²) in [6.45, 7) is 8.56. The van der Waals surface area contributed by atoms with Crippen LogP contribution in [0.1, 0.15) is 13.8 Å². The van der Waals surface area contributed by atoms with E-state index < -0.39 is 20.5 Å². The summed E-state index contributed by atoms with van der Waals surface area (Å²) in [5.74, 6) is 0. The molecule has 0 rings (SSSR count). The van der Waals surface area contributed by atoms with Gasteiger partial charge in [0.25, 0.3) is 0 Å². The van der Waals surface area contributed by atoms with Crippen molar-refractivity contribution in [3.05, 3.63) is 0 Å². The Morgan fingerprint density at radius 1 is 0.632 bits per heavy atom. The molecule has 2 N–H and O–H groups in total. The molecule has 0 bridgehead atoms. The second-order valence-corrected chi connectivity index (χ2v) is 3.97. The summed E-state index contributed by atoms with van der Waals surface area (Å²) in [6.07, 6.45) is 0. The summed E-state index contributed by atoms with van der Waals surface area (Å²) in [5, 5.41) is 6.44. The van der Waals surface area contributed by atoms with Gasteiger partial charge in [-0.15, -0.1) is 20.5 Å². The summed E-state index contributed by atoms with van der Waals surface area (Å²) in [7, 11) is -9.89. The molecule has 0 saturated carbocycles. The smallest absolute Gasteiger partial charge is 0.316 e. The third-order valence-electron chi connectivity index (χ3n) is 0.979. The molecule has 0 aliphatic rings. The van der Waals surface area contributed by atoms with Gasteiger partial charge >= 0.3 is 17.1 Å². The van der Waals surface area contributed by atoms with Gasteiger partial charge in [-0.05, 0) is 13.1 Å². The van der Waals surface area contributed by atoms with Gasteiger partial charge in [0.1, 0.15) is 0 Å². The molecule has 0 atom stereocenters. The first-order valence-electron chi connectivity index (χ1n) is 4.56. The molecule has 123 valence electrons. The Hall–Kier alpha value is 0.699. The average Bonchev–Trinajstić information content (AvgIpc) is 2.07. The Morgan fingerprint density at radius 2 is 0.789 bits per heavy atom. The van der Waals surface area contributed by atoms with Gasteiger partial charge in [0.15, 0.2) is 0 Å². The van der Waals surface area contributed by atoms with Gasteiger partial charge in [-0.1, -0.05) is 13.8 Å². The molecule has 0 aromatic heterocycles. The van der Waals surface area contributed by atoms with E-state index >= 15 is 0 Å². The second kappa shape index (κ2) is 16.8. The number of halogens is 2. The minimum atomic E-state index is -4.94. The molecule has 0 spiro atoms. The Balaban J connectivity index is -0.0000000906. The van der Waals surface area contributed by atoms with Crippen LogP contribution in [0.3, 0.4) is 0 Å². The van der Waals surface area contributed by atoms with Crippen molar-refractivity contribution in [3.8, 4) is 0 Å². The maximum atomic E-state index is 8.49. The SMILES string of the molecule is CCNCCNCC.[Cu+2].[O-][Cl+3]([O-])([O-])[O-].[O-][Cl+3]([O-])([O-])[O-]. The van der Waals surface area contributed by atoms with E-state index in [2.05, 4.69) is 24.5 Å². The first-order chi connectivity index (χ1) is 7.91. The van der Waals surface area contributed by atoms with E-state index in [1.54, 1.807) is 0 Å². The van der Waals surface area contributed by atoms with Crippen LogP contribution in [-0.2, 0) is 17.1 Å². The molecule has 0 aliphatic carbocycles. The monoisotopic (exact) mass is 377 g/mol. The summed E-state index contributed by atoms with van der Waals surface area (Å²) in [6, 6.07) is 0. The maximum absolute atomic E-state index is 8.49. The first kappa shape index (κ1) is 27.9. The molecule has 0 fully saturated rings. The Morgan fingerprint density at radius 3 is 0.895 bits per heavy atom. The van der Waals surface area contributed by atoms with Gasteiger partial charge in [-0.3, -0.25) is 0 Å². The summed E-state index contributed by atoms with van der Waals surface area (Å²) in [4.78, 5) is 0. The van der Waals surface area contributed by atoms with Crippen molar-refractivity contribution >= 4 is 0 Å². The molecule has 0 amide bonds. The van der Waals surface area contributed by atoms with Gasteiger partial charge in [-0.25, -0.2) is 37.3 Å². The van der Waals surface area contributed by atoms with E-state index in [1.165, 1.54) is 0 Å². The third kappa shape index (κ3) is 161. The van der Waals surface area contributed by atoms with Crippen LogP contribution in [0, 0.1) is 20.5 Å². The van der Waals surface area contributed by atoms with Gasteiger partial charge in [-0.2, -0.15) is 0 Å². The Bertz CT molecular complexity index is 138. The first-order valence-corrected chi connectivity index (χ1v) is 7.03. The van der Waals surface area contributed by atoms with E-state index in [1.807, 2.05) is 0 Å². The van der Waals surface area contributed by atoms with Crippen molar-refractivity contribution in [2.75, 3.05) is 26.2 Å². The number of rotatable bonds is 5. The largest absolute Gasteiger partial charge is 2.00 e. The van der Waals surface area contributed by atoms with Crippen LogP contribution in [0.4, 0.5) is 0 Å². The predicted octanol–water partition coefficient (Wildman–Crippen LogP) is -9.31. The zero-order valence-corrected chi connectivity index (χ0v) is 12.6. The molecular formula is C6H16Cl2CuN2O8. The van der Waals surface area contributed by atoms with E-state index in [0.717, 1.165) is 26.2 Å². The van der Waals surface area contributed by atoms with Crippen molar-refractivity contribution in [2.45, 2.75) is 13.8 Å². The van der Waals surface area contributed by atoms with Crippen LogP contribution in [0.15, 0.2) is 0 Å². The van der Waals surface area contributed by atoms with Crippen LogP contribution in [0.2, 0.25) is 0 Å². The van der Waals surface area contributed by atoms with Crippen molar-refractivity contribution in [1.29, 1.82) is 0 Å².